The summed E-state index contributed by atoms with van der Waals surface area (Å²) in [5.41, 5.74) is 0.494. The molecule has 126 valence electrons. The molecule has 0 fully saturated rings. The molecule has 3 N–H and O–H groups in total. The third-order valence-electron chi connectivity index (χ3n) is 3.25. The maximum atomic E-state index is 13.1. The normalized spacial score (nSPS) is 11.6. The molecule has 2 aromatic carbocycles. The number of aliphatic hydroxyl groups excluding tert-OH is 1. The summed E-state index contributed by atoms with van der Waals surface area (Å²) in [6.45, 7) is -0.695. The zero-order valence-corrected chi connectivity index (χ0v) is 12.6. The van der Waals surface area contributed by atoms with E-state index in [9.17, 15) is 23.5 Å². The van der Waals surface area contributed by atoms with Crippen LogP contribution in [0.4, 0.5) is 8.78 Å². The van der Waals surface area contributed by atoms with E-state index in [1.54, 1.807) is 30.3 Å². The Labute approximate surface area is 137 Å². The van der Waals surface area contributed by atoms with Gasteiger partial charge < -0.3 is 15.7 Å². The van der Waals surface area contributed by atoms with Gasteiger partial charge in [-0.1, -0.05) is 30.3 Å². The van der Waals surface area contributed by atoms with Crippen LogP contribution in [0, 0.1) is 11.6 Å². The van der Waals surface area contributed by atoms with E-state index in [-0.39, 0.29) is 18.7 Å². The molecule has 0 heterocycles. The zero-order valence-electron chi connectivity index (χ0n) is 12.6. The lowest BCUT2D eigenvalue weighted by Crippen LogP contribution is -2.39. The van der Waals surface area contributed by atoms with Crippen molar-refractivity contribution in [2.45, 2.75) is 6.04 Å². The van der Waals surface area contributed by atoms with Crippen molar-refractivity contribution in [1.29, 1.82) is 0 Å². The number of benzene rings is 2. The number of aliphatic hydroxyl groups is 1. The fourth-order valence-corrected chi connectivity index (χ4v) is 2.11. The van der Waals surface area contributed by atoms with Gasteiger partial charge in [-0.05, 0) is 17.7 Å². The summed E-state index contributed by atoms with van der Waals surface area (Å²) in [5, 5.41) is 14.2. The lowest BCUT2D eigenvalue weighted by molar-refractivity contribution is -0.121. The van der Waals surface area contributed by atoms with E-state index in [1.807, 2.05) is 0 Å². The maximum Gasteiger partial charge on any atom is 0.251 e. The number of amides is 2. The lowest BCUT2D eigenvalue weighted by atomic mass is 10.1. The predicted octanol–water partition coefficient (Wildman–Crippen LogP) is 1.54. The van der Waals surface area contributed by atoms with Crippen LogP contribution in [0.2, 0.25) is 0 Å². The van der Waals surface area contributed by atoms with Gasteiger partial charge in [0.15, 0.2) is 0 Å². The van der Waals surface area contributed by atoms with Crippen LogP contribution in [0.3, 0.4) is 0 Å². The Morgan fingerprint density at radius 1 is 1.04 bits per heavy atom. The summed E-state index contributed by atoms with van der Waals surface area (Å²) in [6, 6.07) is 10.6. The summed E-state index contributed by atoms with van der Waals surface area (Å²) < 4.78 is 26.1. The van der Waals surface area contributed by atoms with Crippen molar-refractivity contribution in [3.8, 4) is 0 Å². The van der Waals surface area contributed by atoms with Gasteiger partial charge >= 0.3 is 0 Å². The first kappa shape index (κ1) is 17.6. The van der Waals surface area contributed by atoms with Crippen molar-refractivity contribution in [1.82, 2.24) is 10.6 Å². The molecule has 5 nitrogen and oxygen atoms in total. The van der Waals surface area contributed by atoms with Gasteiger partial charge in [0.25, 0.3) is 5.91 Å². The number of hydrogen-bond acceptors (Lipinski definition) is 3. The molecule has 24 heavy (non-hydrogen) atoms. The molecule has 2 aromatic rings. The molecule has 0 aromatic heterocycles. The molecular weight excluding hydrogens is 318 g/mol. The smallest absolute Gasteiger partial charge is 0.251 e. The van der Waals surface area contributed by atoms with Gasteiger partial charge in [-0.15, -0.1) is 0 Å². The maximum absolute atomic E-state index is 13.1. The molecule has 2 amide bonds. The molecule has 0 radical (unpaired) electrons. The quantitative estimate of drug-likeness (QED) is 0.750. The standard InChI is InChI=1S/C17H16F2N2O3/c18-13-6-12(7-14(19)8-13)17(24)20-9-16(23)21-15(10-22)11-4-2-1-3-5-11/h1-8,15,22H,9-10H2,(H,20,24)(H,21,23)/t15-/m0/s1. The molecule has 0 unspecified atom stereocenters. The largest absolute Gasteiger partial charge is 0.394 e. The Kier molecular flexibility index (Phi) is 5.97. The van der Waals surface area contributed by atoms with Crippen molar-refractivity contribution >= 4 is 11.8 Å². The van der Waals surface area contributed by atoms with Gasteiger partial charge in [-0.25, -0.2) is 8.78 Å². The lowest BCUT2D eigenvalue weighted by Gasteiger charge is -2.17. The predicted molar refractivity (Wildman–Crippen MR) is 83.1 cm³/mol. The monoisotopic (exact) mass is 334 g/mol. The molecule has 1 atom stereocenters. The van der Waals surface area contributed by atoms with Crippen LogP contribution in [0.25, 0.3) is 0 Å². The van der Waals surface area contributed by atoms with E-state index >= 15 is 0 Å². The minimum Gasteiger partial charge on any atom is -0.394 e. The fraction of sp³-hybridized carbons (Fsp3) is 0.176. The fourth-order valence-electron chi connectivity index (χ4n) is 2.11. The number of carbonyl (C=O) groups excluding carboxylic acids is 2. The average molecular weight is 334 g/mol. The van der Waals surface area contributed by atoms with Crippen LogP contribution in [-0.4, -0.2) is 30.1 Å². The van der Waals surface area contributed by atoms with E-state index in [1.165, 1.54) is 0 Å². The second-order valence-electron chi connectivity index (χ2n) is 5.05. The van der Waals surface area contributed by atoms with Gasteiger partial charge in [-0.3, -0.25) is 9.59 Å². The second kappa shape index (κ2) is 8.16. The van der Waals surface area contributed by atoms with E-state index in [2.05, 4.69) is 10.6 Å². The highest BCUT2D eigenvalue weighted by molar-refractivity contribution is 5.96. The minimum atomic E-state index is -0.881. The first-order chi connectivity index (χ1) is 11.5. The Hall–Kier alpha value is -2.80. The SMILES string of the molecule is O=C(CNC(=O)c1cc(F)cc(F)c1)N[C@@H](CO)c1ccccc1. The van der Waals surface area contributed by atoms with Crippen LogP contribution >= 0.6 is 0 Å². The summed E-state index contributed by atoms with van der Waals surface area (Å²) in [4.78, 5) is 23.7. The Bertz CT molecular complexity index is 703. The first-order valence-electron chi connectivity index (χ1n) is 7.19. The zero-order chi connectivity index (χ0) is 17.5. The highest BCUT2D eigenvalue weighted by atomic mass is 19.1. The van der Waals surface area contributed by atoms with Crippen LogP contribution < -0.4 is 10.6 Å². The number of carbonyl (C=O) groups is 2. The average Bonchev–Trinajstić information content (AvgIpc) is 2.57. The van der Waals surface area contributed by atoms with E-state index in [0.29, 0.717) is 11.6 Å². The molecule has 0 aliphatic rings. The number of nitrogens with one attached hydrogen (secondary N) is 2. The van der Waals surface area contributed by atoms with Gasteiger partial charge in [0.1, 0.15) is 11.6 Å². The van der Waals surface area contributed by atoms with E-state index in [4.69, 9.17) is 0 Å². The first-order valence-corrected chi connectivity index (χ1v) is 7.19. The molecular formula is C17H16F2N2O3. The highest BCUT2D eigenvalue weighted by Crippen LogP contribution is 2.11. The van der Waals surface area contributed by atoms with Crippen LogP contribution in [0.1, 0.15) is 22.0 Å². The summed E-state index contributed by atoms with van der Waals surface area (Å²) in [7, 11) is 0. The van der Waals surface area contributed by atoms with E-state index in [0.717, 1.165) is 12.1 Å². The van der Waals surface area contributed by atoms with Crippen molar-refractivity contribution in [2.24, 2.45) is 0 Å². The van der Waals surface area contributed by atoms with Crippen molar-refractivity contribution in [3.05, 3.63) is 71.3 Å². The van der Waals surface area contributed by atoms with Crippen LogP contribution in [0.15, 0.2) is 48.5 Å². The third-order valence-corrected chi connectivity index (χ3v) is 3.25. The molecule has 0 spiro atoms. The summed E-state index contributed by atoms with van der Waals surface area (Å²) in [6.07, 6.45) is 0. The molecule has 0 saturated heterocycles. The Morgan fingerprint density at radius 2 is 1.67 bits per heavy atom. The van der Waals surface area contributed by atoms with Gasteiger partial charge in [0.2, 0.25) is 5.91 Å². The van der Waals surface area contributed by atoms with Crippen LogP contribution in [-0.2, 0) is 4.79 Å². The third kappa shape index (κ3) is 4.85. The molecule has 0 saturated carbocycles. The summed E-state index contributed by atoms with van der Waals surface area (Å²) in [5.74, 6) is -3.07. The number of rotatable bonds is 6. The molecule has 0 bridgehead atoms. The van der Waals surface area contributed by atoms with Gasteiger partial charge in [-0.2, -0.15) is 0 Å². The van der Waals surface area contributed by atoms with Gasteiger partial charge in [0, 0.05) is 11.6 Å². The Balaban J connectivity index is 1.91. The summed E-state index contributed by atoms with van der Waals surface area (Å²) >= 11 is 0. The Morgan fingerprint density at radius 3 is 2.25 bits per heavy atom. The molecule has 0 aliphatic carbocycles. The second-order valence-corrected chi connectivity index (χ2v) is 5.05. The number of halogens is 2. The minimum absolute atomic E-state index is 0.220. The van der Waals surface area contributed by atoms with Crippen LogP contribution in [0.5, 0.6) is 0 Å². The molecule has 2 rings (SSSR count). The van der Waals surface area contributed by atoms with Gasteiger partial charge in [0.05, 0.1) is 19.2 Å². The topological polar surface area (TPSA) is 78.4 Å². The molecule has 0 aliphatic heterocycles. The highest BCUT2D eigenvalue weighted by Gasteiger charge is 2.15. The number of hydrogen-bond donors (Lipinski definition) is 3. The van der Waals surface area contributed by atoms with E-state index < -0.39 is 29.5 Å². The van der Waals surface area contributed by atoms with Crippen molar-refractivity contribution in [2.75, 3.05) is 13.2 Å². The molecule has 7 heteroatoms. The van der Waals surface area contributed by atoms with Crippen molar-refractivity contribution < 1.29 is 23.5 Å². The van der Waals surface area contributed by atoms with Crippen molar-refractivity contribution in [3.63, 3.8) is 0 Å².